The number of anilines is 1. The number of aromatic amines is 1. The number of aromatic nitrogens is 5. The van der Waals surface area contributed by atoms with Crippen molar-refractivity contribution in [2.75, 3.05) is 18.0 Å². The van der Waals surface area contributed by atoms with Crippen LogP contribution in [0.2, 0.25) is 0 Å². The molecule has 7 heteroatoms. The number of piperidine rings is 1. The van der Waals surface area contributed by atoms with E-state index in [4.69, 9.17) is 0 Å². The lowest BCUT2D eigenvalue weighted by molar-refractivity contribution is 0.494. The Morgan fingerprint density at radius 3 is 2.88 bits per heavy atom. The van der Waals surface area contributed by atoms with E-state index in [1.54, 1.807) is 18.5 Å². The van der Waals surface area contributed by atoms with Gasteiger partial charge in [0.15, 0.2) is 0 Å². The second kappa shape index (κ2) is 6.80. The van der Waals surface area contributed by atoms with Gasteiger partial charge in [0.05, 0.1) is 23.4 Å². The maximum atomic E-state index is 11.5. The van der Waals surface area contributed by atoms with Crippen LogP contribution in [0.5, 0.6) is 0 Å². The highest BCUT2D eigenvalue weighted by Crippen LogP contribution is 2.27. The third-order valence-corrected chi connectivity index (χ3v) is 4.39. The Labute approximate surface area is 144 Å². The minimum absolute atomic E-state index is 0.115. The van der Waals surface area contributed by atoms with Crippen LogP contribution in [0.15, 0.2) is 53.8 Å². The van der Waals surface area contributed by atoms with Gasteiger partial charge in [-0.3, -0.25) is 9.78 Å². The summed E-state index contributed by atoms with van der Waals surface area (Å²) in [4.78, 5) is 34.1. The molecule has 3 aromatic heterocycles. The molecule has 0 spiro atoms. The first-order chi connectivity index (χ1) is 12.3. The summed E-state index contributed by atoms with van der Waals surface area (Å²) in [6.07, 6.45) is 7.01. The summed E-state index contributed by atoms with van der Waals surface area (Å²) in [6, 6.07) is 9.21. The third-order valence-electron chi connectivity index (χ3n) is 4.39. The van der Waals surface area contributed by atoms with Gasteiger partial charge in [-0.15, -0.1) is 0 Å². The van der Waals surface area contributed by atoms with Crippen LogP contribution in [0, 0.1) is 0 Å². The van der Waals surface area contributed by atoms with Crippen molar-refractivity contribution in [1.82, 2.24) is 24.9 Å². The first kappa shape index (κ1) is 15.4. The van der Waals surface area contributed by atoms with E-state index in [-0.39, 0.29) is 11.5 Å². The topological polar surface area (TPSA) is 87.7 Å². The molecule has 25 heavy (non-hydrogen) atoms. The molecule has 1 saturated heterocycles. The van der Waals surface area contributed by atoms with E-state index in [9.17, 15) is 4.79 Å². The molecule has 0 saturated carbocycles. The number of nitrogens with one attached hydrogen (secondary N) is 1. The minimum atomic E-state index is -0.115. The summed E-state index contributed by atoms with van der Waals surface area (Å²) in [5.41, 5.74) is 2.35. The quantitative estimate of drug-likeness (QED) is 0.788. The van der Waals surface area contributed by atoms with Crippen molar-refractivity contribution in [2.45, 2.75) is 18.8 Å². The Morgan fingerprint density at radius 1 is 1.08 bits per heavy atom. The van der Waals surface area contributed by atoms with Gasteiger partial charge in [0.25, 0.3) is 5.56 Å². The minimum Gasteiger partial charge on any atom is -0.340 e. The number of pyridine rings is 1. The van der Waals surface area contributed by atoms with Crippen LogP contribution in [-0.2, 0) is 0 Å². The van der Waals surface area contributed by atoms with Crippen molar-refractivity contribution in [3.05, 3.63) is 65.1 Å². The second-order valence-corrected chi connectivity index (χ2v) is 6.08. The molecule has 3 aromatic rings. The molecule has 126 valence electrons. The zero-order valence-corrected chi connectivity index (χ0v) is 13.7. The smallest absolute Gasteiger partial charge is 0.250 e. The predicted octanol–water partition coefficient (Wildman–Crippen LogP) is 2.01. The monoisotopic (exact) mass is 334 g/mol. The molecule has 0 aromatic carbocycles. The molecular formula is C18H18N6O. The summed E-state index contributed by atoms with van der Waals surface area (Å²) in [5, 5.41) is 0. The van der Waals surface area contributed by atoms with Crippen molar-refractivity contribution >= 4 is 5.95 Å². The molecule has 0 unspecified atom stereocenters. The summed E-state index contributed by atoms with van der Waals surface area (Å²) in [5.74, 6) is 0.899. The molecule has 1 aliphatic rings. The highest BCUT2D eigenvalue weighted by atomic mass is 16.1. The molecule has 0 aliphatic carbocycles. The molecule has 4 rings (SSSR count). The summed E-state index contributed by atoms with van der Waals surface area (Å²) >= 11 is 0. The van der Waals surface area contributed by atoms with Gasteiger partial charge in [-0.2, -0.15) is 0 Å². The first-order valence-corrected chi connectivity index (χ1v) is 8.33. The van der Waals surface area contributed by atoms with Crippen molar-refractivity contribution in [1.29, 1.82) is 0 Å². The van der Waals surface area contributed by atoms with E-state index in [0.717, 1.165) is 43.0 Å². The van der Waals surface area contributed by atoms with Crippen LogP contribution in [0.4, 0.5) is 5.95 Å². The van der Waals surface area contributed by atoms with Crippen molar-refractivity contribution in [3.63, 3.8) is 0 Å². The Hall–Kier alpha value is -3.09. The largest absolute Gasteiger partial charge is 0.340 e. The molecule has 1 atom stereocenters. The van der Waals surface area contributed by atoms with Crippen LogP contribution >= 0.6 is 0 Å². The van der Waals surface area contributed by atoms with Gasteiger partial charge in [0.1, 0.15) is 0 Å². The molecule has 1 fully saturated rings. The predicted molar refractivity (Wildman–Crippen MR) is 94.3 cm³/mol. The lowest BCUT2D eigenvalue weighted by atomic mass is 9.95. The van der Waals surface area contributed by atoms with Gasteiger partial charge >= 0.3 is 0 Å². The maximum Gasteiger partial charge on any atom is 0.250 e. The van der Waals surface area contributed by atoms with Gasteiger partial charge in [-0.1, -0.05) is 6.07 Å². The first-order valence-electron chi connectivity index (χ1n) is 8.33. The zero-order valence-electron chi connectivity index (χ0n) is 13.7. The number of H-pyrrole nitrogens is 1. The Kier molecular flexibility index (Phi) is 4.20. The summed E-state index contributed by atoms with van der Waals surface area (Å²) in [6.45, 7) is 1.65. The van der Waals surface area contributed by atoms with Gasteiger partial charge in [0.2, 0.25) is 5.95 Å². The fourth-order valence-electron chi connectivity index (χ4n) is 3.16. The fraction of sp³-hybridized carbons (Fsp3) is 0.278. The number of rotatable bonds is 3. The fourth-order valence-corrected chi connectivity index (χ4v) is 3.16. The van der Waals surface area contributed by atoms with Gasteiger partial charge in [0, 0.05) is 37.5 Å². The zero-order chi connectivity index (χ0) is 17.1. The molecule has 0 radical (unpaired) electrons. The Morgan fingerprint density at radius 2 is 2.04 bits per heavy atom. The molecular weight excluding hydrogens is 316 g/mol. The van der Waals surface area contributed by atoms with Crippen molar-refractivity contribution < 1.29 is 0 Å². The number of nitrogens with zero attached hydrogens (tertiary/aromatic N) is 5. The van der Waals surface area contributed by atoms with Crippen LogP contribution in [0.3, 0.4) is 0 Å². The van der Waals surface area contributed by atoms with Crippen LogP contribution in [0.25, 0.3) is 11.4 Å². The molecule has 4 heterocycles. The van der Waals surface area contributed by atoms with Crippen molar-refractivity contribution in [2.24, 2.45) is 0 Å². The van der Waals surface area contributed by atoms with Crippen LogP contribution < -0.4 is 10.5 Å². The third kappa shape index (κ3) is 3.40. The average molecular weight is 334 g/mol. The van der Waals surface area contributed by atoms with E-state index in [1.807, 2.05) is 24.3 Å². The van der Waals surface area contributed by atoms with Crippen LogP contribution in [0.1, 0.15) is 24.5 Å². The Bertz CT molecular complexity index is 910. The van der Waals surface area contributed by atoms with E-state index in [1.165, 1.54) is 6.33 Å². The van der Waals surface area contributed by atoms with Crippen molar-refractivity contribution in [3.8, 4) is 11.4 Å². The van der Waals surface area contributed by atoms with Gasteiger partial charge in [-0.05, 0) is 31.0 Å². The molecule has 7 nitrogen and oxygen atoms in total. The SMILES string of the molecule is O=c1cc([C@H]2CCCN(c3nccc(-c4ccccn4)n3)C2)nc[nH]1. The summed E-state index contributed by atoms with van der Waals surface area (Å²) in [7, 11) is 0. The maximum absolute atomic E-state index is 11.5. The lowest BCUT2D eigenvalue weighted by Gasteiger charge is -2.32. The van der Waals surface area contributed by atoms with E-state index in [2.05, 4.69) is 29.8 Å². The molecule has 1 aliphatic heterocycles. The standard InChI is InChI=1S/C18H18N6O/c25-17-10-16(21-12-22-17)13-4-3-9-24(11-13)18-20-8-6-15(23-18)14-5-1-2-7-19-14/h1-2,5-8,10,12-13H,3-4,9,11H2,(H,21,22,25)/t13-/m0/s1. The van der Waals surface area contributed by atoms with Gasteiger partial charge < -0.3 is 9.88 Å². The Balaban J connectivity index is 1.58. The summed E-state index contributed by atoms with van der Waals surface area (Å²) < 4.78 is 0. The number of hydrogen-bond donors (Lipinski definition) is 1. The molecule has 0 bridgehead atoms. The highest BCUT2D eigenvalue weighted by Gasteiger charge is 2.24. The second-order valence-electron chi connectivity index (χ2n) is 6.08. The lowest BCUT2D eigenvalue weighted by Crippen LogP contribution is -2.36. The highest BCUT2D eigenvalue weighted by molar-refractivity contribution is 5.55. The number of hydrogen-bond acceptors (Lipinski definition) is 6. The average Bonchev–Trinajstić information content (AvgIpc) is 2.69. The van der Waals surface area contributed by atoms with E-state index >= 15 is 0 Å². The molecule has 0 amide bonds. The molecule has 1 N–H and O–H groups in total. The normalized spacial score (nSPS) is 17.4. The van der Waals surface area contributed by atoms with E-state index < -0.39 is 0 Å². The van der Waals surface area contributed by atoms with Gasteiger partial charge in [-0.25, -0.2) is 15.0 Å². The van der Waals surface area contributed by atoms with E-state index in [0.29, 0.717) is 5.95 Å². The van der Waals surface area contributed by atoms with Crippen LogP contribution in [-0.4, -0.2) is 38.0 Å².